The van der Waals surface area contributed by atoms with Gasteiger partial charge in [0.25, 0.3) is 0 Å². The Morgan fingerprint density at radius 3 is 2.35 bits per heavy atom. The monoisotopic (exact) mass is 297 g/mol. The first-order valence-electron chi connectivity index (χ1n) is 7.52. The Kier molecular flexibility index (Phi) is 6.69. The Morgan fingerprint density at radius 1 is 1.15 bits per heavy atom. The number of sulfone groups is 1. The molecular formula is C16H27NO2S. The number of benzene rings is 1. The van der Waals surface area contributed by atoms with Crippen LogP contribution in [0.25, 0.3) is 0 Å². The summed E-state index contributed by atoms with van der Waals surface area (Å²) in [6, 6.07) is 7.72. The van der Waals surface area contributed by atoms with Crippen molar-refractivity contribution in [1.29, 1.82) is 0 Å². The van der Waals surface area contributed by atoms with Gasteiger partial charge in [-0.3, -0.25) is 0 Å². The van der Waals surface area contributed by atoms with Crippen LogP contribution in [0.15, 0.2) is 29.2 Å². The molecule has 0 bridgehead atoms. The van der Waals surface area contributed by atoms with E-state index in [4.69, 9.17) is 0 Å². The quantitative estimate of drug-likeness (QED) is 0.800. The summed E-state index contributed by atoms with van der Waals surface area (Å²) in [6.07, 6.45) is 2.07. The van der Waals surface area contributed by atoms with Crippen LogP contribution >= 0.6 is 0 Å². The van der Waals surface area contributed by atoms with Crippen LogP contribution in [0.4, 0.5) is 0 Å². The van der Waals surface area contributed by atoms with Gasteiger partial charge in [0.2, 0.25) is 0 Å². The molecule has 0 spiro atoms. The molecule has 0 saturated carbocycles. The van der Waals surface area contributed by atoms with Gasteiger partial charge in [-0.1, -0.05) is 45.9 Å². The molecule has 0 aliphatic carbocycles. The summed E-state index contributed by atoms with van der Waals surface area (Å²) in [5.41, 5.74) is 0.935. The second-order valence-corrected chi connectivity index (χ2v) is 7.45. The summed E-state index contributed by atoms with van der Waals surface area (Å²) >= 11 is 0. The van der Waals surface area contributed by atoms with Crippen molar-refractivity contribution in [3.63, 3.8) is 0 Å². The van der Waals surface area contributed by atoms with Crippen molar-refractivity contribution >= 4 is 9.84 Å². The van der Waals surface area contributed by atoms with Crippen molar-refractivity contribution in [2.45, 2.75) is 57.4 Å². The second kappa shape index (κ2) is 7.79. The molecule has 2 unspecified atom stereocenters. The molecule has 2 atom stereocenters. The van der Waals surface area contributed by atoms with E-state index < -0.39 is 9.84 Å². The lowest BCUT2D eigenvalue weighted by atomic mass is 9.91. The lowest BCUT2D eigenvalue weighted by Crippen LogP contribution is -2.34. The van der Waals surface area contributed by atoms with Gasteiger partial charge < -0.3 is 5.32 Å². The van der Waals surface area contributed by atoms with Gasteiger partial charge in [0.05, 0.1) is 10.6 Å². The van der Waals surface area contributed by atoms with Crippen LogP contribution in [0.5, 0.6) is 0 Å². The molecular weight excluding hydrogens is 270 g/mol. The number of nitrogens with one attached hydrogen (secondary N) is 1. The number of hydrogen-bond acceptors (Lipinski definition) is 3. The molecule has 1 aromatic rings. The number of rotatable bonds is 8. The number of hydrogen-bond donors (Lipinski definition) is 1. The van der Waals surface area contributed by atoms with Crippen molar-refractivity contribution in [3.8, 4) is 0 Å². The molecule has 0 saturated heterocycles. The first-order valence-corrected chi connectivity index (χ1v) is 9.18. The highest BCUT2D eigenvalue weighted by molar-refractivity contribution is 7.91. The lowest BCUT2D eigenvalue weighted by molar-refractivity contribution is 0.434. The van der Waals surface area contributed by atoms with Gasteiger partial charge in [-0.2, -0.15) is 0 Å². The summed E-state index contributed by atoms with van der Waals surface area (Å²) in [6.45, 7) is 9.05. The summed E-state index contributed by atoms with van der Waals surface area (Å²) in [5, 5.41) is 3.52. The highest BCUT2D eigenvalue weighted by Gasteiger charge is 2.23. The topological polar surface area (TPSA) is 46.2 Å². The molecule has 0 heterocycles. The summed E-state index contributed by atoms with van der Waals surface area (Å²) in [7, 11) is -3.16. The summed E-state index contributed by atoms with van der Waals surface area (Å²) in [5.74, 6) is 0.333. The molecule has 0 fully saturated rings. The zero-order chi connectivity index (χ0) is 15.2. The van der Waals surface area contributed by atoms with Crippen molar-refractivity contribution in [3.05, 3.63) is 29.8 Å². The van der Waals surface area contributed by atoms with Crippen LogP contribution in [-0.2, 0) is 9.84 Å². The third-order valence-electron chi connectivity index (χ3n) is 3.82. The van der Waals surface area contributed by atoms with Gasteiger partial charge in [0, 0.05) is 6.04 Å². The lowest BCUT2D eigenvalue weighted by Gasteiger charge is -2.26. The Morgan fingerprint density at radius 2 is 1.80 bits per heavy atom. The van der Waals surface area contributed by atoms with Crippen LogP contribution in [0, 0.1) is 0 Å². The fraction of sp³-hybridized carbons (Fsp3) is 0.625. The Hall–Kier alpha value is -0.870. The Bertz CT molecular complexity index is 511. The maximum absolute atomic E-state index is 12.2. The maximum atomic E-state index is 12.2. The van der Waals surface area contributed by atoms with E-state index in [2.05, 4.69) is 26.1 Å². The average Bonchev–Trinajstić information content (AvgIpc) is 2.47. The largest absolute Gasteiger partial charge is 0.313 e. The standard InChI is InChI=1S/C16H27NO2S/c1-5-12-17-15(6-2)13(4)14-10-8-9-11-16(14)20(18,19)7-3/h8-11,13,15,17H,5-7,12H2,1-4H3. The van der Waals surface area contributed by atoms with Crippen LogP contribution in [-0.4, -0.2) is 26.8 Å². The Labute approximate surface area is 123 Å². The SMILES string of the molecule is CCCNC(CC)C(C)c1ccccc1S(=O)(=O)CC. The minimum absolute atomic E-state index is 0.149. The normalized spacial score (nSPS) is 15.0. The zero-order valence-electron chi connectivity index (χ0n) is 13.0. The molecule has 1 rings (SSSR count). The van der Waals surface area contributed by atoms with Crippen molar-refractivity contribution < 1.29 is 8.42 Å². The van der Waals surface area contributed by atoms with Crippen molar-refractivity contribution in [2.24, 2.45) is 0 Å². The van der Waals surface area contributed by atoms with Gasteiger partial charge in [0.15, 0.2) is 9.84 Å². The van der Waals surface area contributed by atoms with Crippen molar-refractivity contribution in [1.82, 2.24) is 5.32 Å². The third-order valence-corrected chi connectivity index (χ3v) is 5.63. The molecule has 1 aromatic carbocycles. The molecule has 0 radical (unpaired) electrons. The van der Waals surface area contributed by atoms with Crippen LogP contribution in [0.3, 0.4) is 0 Å². The van der Waals surface area contributed by atoms with Gasteiger partial charge in [-0.25, -0.2) is 8.42 Å². The molecule has 0 aliphatic heterocycles. The van der Waals surface area contributed by atoms with E-state index in [9.17, 15) is 8.42 Å². The van der Waals surface area contributed by atoms with Crippen molar-refractivity contribution in [2.75, 3.05) is 12.3 Å². The fourth-order valence-corrected chi connectivity index (χ4v) is 3.73. The van der Waals surface area contributed by atoms with E-state index in [-0.39, 0.29) is 11.7 Å². The minimum atomic E-state index is -3.16. The predicted octanol–water partition coefficient (Wildman–Crippen LogP) is 3.36. The molecule has 20 heavy (non-hydrogen) atoms. The first-order chi connectivity index (χ1) is 9.47. The molecule has 3 nitrogen and oxygen atoms in total. The zero-order valence-corrected chi connectivity index (χ0v) is 13.8. The van der Waals surface area contributed by atoms with E-state index in [1.807, 2.05) is 12.1 Å². The Balaban J connectivity index is 3.12. The summed E-state index contributed by atoms with van der Waals surface area (Å²) < 4.78 is 24.5. The van der Waals surface area contributed by atoms with Gasteiger partial charge in [-0.15, -0.1) is 0 Å². The smallest absolute Gasteiger partial charge is 0.178 e. The molecule has 0 amide bonds. The van der Waals surface area contributed by atoms with Crippen LogP contribution in [0.1, 0.15) is 52.0 Å². The van der Waals surface area contributed by atoms with Gasteiger partial charge >= 0.3 is 0 Å². The highest BCUT2D eigenvalue weighted by Crippen LogP contribution is 2.28. The second-order valence-electron chi connectivity index (χ2n) is 5.20. The van der Waals surface area contributed by atoms with Gasteiger partial charge in [-0.05, 0) is 36.9 Å². The highest BCUT2D eigenvalue weighted by atomic mass is 32.2. The molecule has 114 valence electrons. The van der Waals surface area contributed by atoms with E-state index >= 15 is 0 Å². The minimum Gasteiger partial charge on any atom is -0.313 e. The molecule has 0 aromatic heterocycles. The van der Waals surface area contributed by atoms with Gasteiger partial charge in [0.1, 0.15) is 0 Å². The van der Waals surface area contributed by atoms with E-state index in [1.54, 1.807) is 19.1 Å². The summed E-state index contributed by atoms with van der Waals surface area (Å²) in [4.78, 5) is 0.492. The van der Waals surface area contributed by atoms with E-state index in [0.717, 1.165) is 24.9 Å². The van der Waals surface area contributed by atoms with E-state index in [1.165, 1.54) is 0 Å². The maximum Gasteiger partial charge on any atom is 0.178 e. The van der Waals surface area contributed by atoms with Crippen LogP contribution in [0.2, 0.25) is 0 Å². The molecule has 0 aliphatic rings. The third kappa shape index (κ3) is 4.06. The first kappa shape index (κ1) is 17.2. The fourth-order valence-electron chi connectivity index (χ4n) is 2.52. The predicted molar refractivity (Wildman–Crippen MR) is 85.0 cm³/mol. The van der Waals surface area contributed by atoms with Crippen LogP contribution < -0.4 is 5.32 Å². The molecule has 4 heteroatoms. The van der Waals surface area contributed by atoms with E-state index in [0.29, 0.717) is 10.9 Å². The average molecular weight is 297 g/mol. The molecule has 1 N–H and O–H groups in total.